The molecule has 1 spiro atoms. The largest absolute Gasteiger partial charge is 0.343 e. The van der Waals surface area contributed by atoms with Crippen LogP contribution in [0.1, 0.15) is 124 Å². The second kappa shape index (κ2) is 12.1. The number of hydrogen-bond donors (Lipinski definition) is 0. The highest BCUT2D eigenvalue weighted by Gasteiger charge is 2.46. The zero-order valence-corrected chi connectivity index (χ0v) is 18.7. The molecule has 0 bridgehead atoms. The van der Waals surface area contributed by atoms with Gasteiger partial charge in [0.05, 0.1) is 0 Å². The topological polar surface area (TPSA) is 20.3 Å². The second-order valence-corrected chi connectivity index (χ2v) is 9.85. The molecule has 0 aromatic rings. The summed E-state index contributed by atoms with van der Waals surface area (Å²) in [6.45, 7) is 8.93. The van der Waals surface area contributed by atoms with Gasteiger partial charge in [0.1, 0.15) is 0 Å². The van der Waals surface area contributed by atoms with E-state index in [9.17, 15) is 4.79 Å². The Morgan fingerprint density at radius 2 is 1.48 bits per heavy atom. The first-order valence-corrected chi connectivity index (χ1v) is 12.4. The molecule has 1 amide bonds. The van der Waals surface area contributed by atoms with Crippen LogP contribution in [0.2, 0.25) is 0 Å². The highest BCUT2D eigenvalue weighted by molar-refractivity contribution is 5.76. The van der Waals surface area contributed by atoms with Gasteiger partial charge in [-0.3, -0.25) is 4.79 Å². The Kier molecular flexibility index (Phi) is 10.2. The first-order valence-electron chi connectivity index (χ1n) is 12.4. The molecule has 1 heterocycles. The molecule has 0 N–H and O–H groups in total. The van der Waals surface area contributed by atoms with Gasteiger partial charge < -0.3 is 4.90 Å². The smallest absolute Gasteiger partial charge is 0.222 e. The number of likely N-dealkylation sites (tertiary alicyclic amines) is 1. The van der Waals surface area contributed by atoms with Crippen LogP contribution in [0.25, 0.3) is 0 Å². The van der Waals surface area contributed by atoms with E-state index in [-0.39, 0.29) is 0 Å². The van der Waals surface area contributed by atoms with Gasteiger partial charge in [-0.15, -0.1) is 0 Å². The molecule has 158 valence electrons. The van der Waals surface area contributed by atoms with Crippen LogP contribution in [-0.4, -0.2) is 23.9 Å². The van der Waals surface area contributed by atoms with Crippen molar-refractivity contribution in [3.63, 3.8) is 0 Å². The van der Waals surface area contributed by atoms with Crippen LogP contribution in [0.5, 0.6) is 0 Å². The predicted octanol–water partition coefficient (Wildman–Crippen LogP) is 7.36. The molecule has 2 aliphatic rings. The molecule has 1 aliphatic heterocycles. The first kappa shape index (κ1) is 22.8. The fourth-order valence-electron chi connectivity index (χ4n) is 5.68. The molecule has 27 heavy (non-hydrogen) atoms. The fraction of sp³-hybridized carbons (Fsp3) is 0.960. The molecule has 2 nitrogen and oxygen atoms in total. The van der Waals surface area contributed by atoms with E-state index in [0.717, 1.165) is 37.8 Å². The summed E-state index contributed by atoms with van der Waals surface area (Å²) in [5, 5.41) is 0. The lowest BCUT2D eigenvalue weighted by atomic mass is 9.55. The zero-order valence-electron chi connectivity index (χ0n) is 18.7. The highest BCUT2D eigenvalue weighted by Crippen LogP contribution is 2.54. The molecule has 2 heteroatoms. The molecule has 0 aromatic carbocycles. The summed E-state index contributed by atoms with van der Waals surface area (Å²) in [5.41, 5.74) is 0.615. The molecular formula is C25H47NO. The maximum Gasteiger partial charge on any atom is 0.222 e. The summed E-state index contributed by atoms with van der Waals surface area (Å²) in [7, 11) is 0. The summed E-state index contributed by atoms with van der Waals surface area (Å²) in [5.74, 6) is 2.39. The number of rotatable bonds is 13. The molecule has 0 radical (unpaired) electrons. The Morgan fingerprint density at radius 3 is 2.11 bits per heavy atom. The lowest BCUT2D eigenvalue weighted by Crippen LogP contribution is -2.49. The van der Waals surface area contributed by atoms with Gasteiger partial charge in [0, 0.05) is 19.5 Å². The van der Waals surface area contributed by atoms with Crippen LogP contribution in [0.15, 0.2) is 0 Å². The van der Waals surface area contributed by atoms with Crippen LogP contribution >= 0.6 is 0 Å². The van der Waals surface area contributed by atoms with E-state index in [4.69, 9.17) is 0 Å². The van der Waals surface area contributed by atoms with Crippen molar-refractivity contribution >= 4 is 5.91 Å². The van der Waals surface area contributed by atoms with E-state index >= 15 is 0 Å². The molecular weight excluding hydrogens is 330 g/mol. The van der Waals surface area contributed by atoms with E-state index in [1.165, 1.54) is 89.9 Å². The average molecular weight is 378 g/mol. The van der Waals surface area contributed by atoms with Crippen LogP contribution in [-0.2, 0) is 4.79 Å². The minimum Gasteiger partial charge on any atom is -0.343 e. The van der Waals surface area contributed by atoms with Gasteiger partial charge in [-0.2, -0.15) is 0 Å². The number of piperidine rings is 1. The van der Waals surface area contributed by atoms with Crippen molar-refractivity contribution in [3.05, 3.63) is 0 Å². The maximum atomic E-state index is 12.4. The molecule has 1 atom stereocenters. The quantitative estimate of drug-likeness (QED) is 0.307. The normalized spacial score (nSPS) is 20.6. The summed E-state index contributed by atoms with van der Waals surface area (Å²) < 4.78 is 0. The van der Waals surface area contributed by atoms with Crippen molar-refractivity contribution in [2.45, 2.75) is 124 Å². The Bertz CT molecular complexity index is 403. The molecule has 2 rings (SSSR count). The molecule has 1 aliphatic carbocycles. The van der Waals surface area contributed by atoms with Crippen molar-refractivity contribution in [2.75, 3.05) is 13.1 Å². The number of carbonyl (C=O) groups is 1. The number of amides is 1. The van der Waals surface area contributed by atoms with Gasteiger partial charge in [0.2, 0.25) is 5.91 Å². The number of nitrogens with zero attached hydrogens (tertiary/aromatic N) is 1. The molecule has 1 unspecified atom stereocenters. The van der Waals surface area contributed by atoms with Gasteiger partial charge in [-0.05, 0) is 55.8 Å². The van der Waals surface area contributed by atoms with Crippen molar-refractivity contribution < 1.29 is 4.79 Å². The van der Waals surface area contributed by atoms with E-state index in [1.807, 2.05) is 0 Å². The second-order valence-electron chi connectivity index (χ2n) is 9.85. The molecule has 0 aromatic heterocycles. The van der Waals surface area contributed by atoms with Gasteiger partial charge in [0.25, 0.3) is 0 Å². The minimum absolute atomic E-state index is 0.421. The molecule has 2 fully saturated rings. The lowest BCUT2D eigenvalue weighted by Gasteiger charge is -2.53. The van der Waals surface area contributed by atoms with E-state index in [2.05, 4.69) is 25.7 Å². The maximum absolute atomic E-state index is 12.4. The van der Waals surface area contributed by atoms with Crippen LogP contribution in [0.3, 0.4) is 0 Å². The van der Waals surface area contributed by atoms with Gasteiger partial charge in [-0.1, -0.05) is 78.6 Å². The standard InChI is InChI=1S/C25H47NO/c1-4-7-10-13-22(12-9-6-3)19-23-20-25(21-23)15-17-26(18-16-25)24(27)14-11-8-5-2/h22-23H,4-21H2,1-3H3. The van der Waals surface area contributed by atoms with Gasteiger partial charge in [-0.25, -0.2) is 0 Å². The van der Waals surface area contributed by atoms with Gasteiger partial charge >= 0.3 is 0 Å². The summed E-state index contributed by atoms with van der Waals surface area (Å²) in [6.07, 6.45) is 21.1. The molecule has 1 saturated carbocycles. The van der Waals surface area contributed by atoms with Crippen molar-refractivity contribution in [2.24, 2.45) is 17.3 Å². The van der Waals surface area contributed by atoms with E-state index < -0.39 is 0 Å². The third-order valence-electron chi connectivity index (χ3n) is 7.46. The Balaban J connectivity index is 1.67. The lowest BCUT2D eigenvalue weighted by molar-refractivity contribution is -0.135. The Hall–Kier alpha value is -0.530. The summed E-state index contributed by atoms with van der Waals surface area (Å²) in [4.78, 5) is 14.5. The monoisotopic (exact) mass is 377 g/mol. The third kappa shape index (κ3) is 7.42. The van der Waals surface area contributed by atoms with Crippen LogP contribution in [0.4, 0.5) is 0 Å². The number of carbonyl (C=O) groups excluding carboxylic acids is 1. The number of hydrogen-bond acceptors (Lipinski definition) is 1. The fourth-order valence-corrected chi connectivity index (χ4v) is 5.68. The zero-order chi connectivity index (χ0) is 19.5. The Labute approximate surface area is 169 Å². The Morgan fingerprint density at radius 1 is 0.889 bits per heavy atom. The van der Waals surface area contributed by atoms with Crippen LogP contribution in [0, 0.1) is 17.3 Å². The predicted molar refractivity (Wildman–Crippen MR) is 117 cm³/mol. The first-order chi connectivity index (χ1) is 13.1. The SMILES string of the molecule is CCCCCC(=O)N1CCC2(CC1)CC(CC(CCCC)CCCCC)C2. The summed E-state index contributed by atoms with van der Waals surface area (Å²) >= 11 is 0. The van der Waals surface area contributed by atoms with Crippen LogP contribution < -0.4 is 0 Å². The third-order valence-corrected chi connectivity index (χ3v) is 7.46. The highest BCUT2D eigenvalue weighted by atomic mass is 16.2. The molecule has 1 saturated heterocycles. The minimum atomic E-state index is 0.421. The summed E-state index contributed by atoms with van der Waals surface area (Å²) in [6, 6.07) is 0. The van der Waals surface area contributed by atoms with Crippen molar-refractivity contribution in [1.82, 2.24) is 4.90 Å². The van der Waals surface area contributed by atoms with E-state index in [0.29, 0.717) is 11.3 Å². The van der Waals surface area contributed by atoms with Crippen molar-refractivity contribution in [3.8, 4) is 0 Å². The number of unbranched alkanes of at least 4 members (excludes halogenated alkanes) is 5. The van der Waals surface area contributed by atoms with Gasteiger partial charge in [0.15, 0.2) is 0 Å². The van der Waals surface area contributed by atoms with Crippen molar-refractivity contribution in [1.29, 1.82) is 0 Å². The van der Waals surface area contributed by atoms with E-state index in [1.54, 1.807) is 0 Å². The average Bonchev–Trinajstić information content (AvgIpc) is 2.65.